The molecule has 58 valence electrons. The maximum Gasteiger partial charge on any atom is 0.325 e. The van der Waals surface area contributed by atoms with Crippen molar-refractivity contribution in [2.75, 3.05) is 0 Å². The van der Waals surface area contributed by atoms with E-state index in [-0.39, 0.29) is 11.2 Å². The Labute approximate surface area is 61.4 Å². The van der Waals surface area contributed by atoms with Crippen molar-refractivity contribution in [3.05, 3.63) is 28.8 Å². The number of aromatic amines is 2. The van der Waals surface area contributed by atoms with Gasteiger partial charge in [-0.25, -0.2) is 9.78 Å². The minimum Gasteiger partial charge on any atom is -0.412 e. The zero-order chi connectivity index (χ0) is 6.97. The van der Waals surface area contributed by atoms with E-state index in [2.05, 4.69) is 15.0 Å². The van der Waals surface area contributed by atoms with E-state index in [0.29, 0.717) is 5.65 Å². The molecule has 0 amide bonds. The highest BCUT2D eigenvalue weighted by Crippen LogP contribution is 1.98. The number of pyridine rings is 1. The van der Waals surface area contributed by atoms with Crippen LogP contribution in [-0.4, -0.2) is 20.4 Å². The number of hydrogen-bond acceptors (Lipinski definition) is 2. The van der Waals surface area contributed by atoms with Crippen LogP contribution in [0.3, 0.4) is 0 Å². The highest BCUT2D eigenvalue weighted by atomic mass is 16.1. The van der Waals surface area contributed by atoms with E-state index in [9.17, 15) is 4.79 Å². The van der Waals surface area contributed by atoms with E-state index in [1.54, 1.807) is 18.3 Å². The molecule has 0 atom stereocenters. The number of fused-ring (bicyclic) bond motifs is 1. The number of rotatable bonds is 0. The molecule has 0 radical (unpaired) electrons. The second kappa shape index (κ2) is 2.55. The Morgan fingerprint density at radius 3 is 2.91 bits per heavy atom. The van der Waals surface area contributed by atoms with Gasteiger partial charge in [0.25, 0.3) is 0 Å². The Kier molecular flexibility index (Phi) is 1.74. The Bertz CT molecular complexity index is 367. The third kappa shape index (κ3) is 1.13. The van der Waals surface area contributed by atoms with E-state index >= 15 is 0 Å². The molecule has 0 aliphatic rings. The summed E-state index contributed by atoms with van der Waals surface area (Å²) in [6.07, 6.45) is 1.63. The topological polar surface area (TPSA) is 93.0 Å². The molecule has 11 heavy (non-hydrogen) atoms. The lowest BCUT2D eigenvalue weighted by Crippen LogP contribution is -1.99. The molecule has 2 heterocycles. The van der Waals surface area contributed by atoms with E-state index in [1.807, 2.05) is 0 Å². The van der Waals surface area contributed by atoms with Crippen LogP contribution in [0.25, 0.3) is 11.2 Å². The zero-order valence-electron chi connectivity index (χ0n) is 5.59. The normalized spacial score (nSPS) is 9.45. The molecule has 0 saturated carbocycles. The molecule has 0 aliphatic heterocycles. The molecular weight excluding hydrogens is 146 g/mol. The van der Waals surface area contributed by atoms with E-state index in [0.717, 1.165) is 5.52 Å². The molecule has 2 aromatic rings. The predicted molar refractivity (Wildman–Crippen MR) is 40.3 cm³/mol. The van der Waals surface area contributed by atoms with Crippen LogP contribution in [0.4, 0.5) is 0 Å². The maximum absolute atomic E-state index is 10.6. The summed E-state index contributed by atoms with van der Waals surface area (Å²) in [4.78, 5) is 19.7. The van der Waals surface area contributed by atoms with Crippen LogP contribution >= 0.6 is 0 Å². The lowest BCUT2D eigenvalue weighted by Gasteiger charge is -1.81. The third-order valence-corrected chi connectivity index (χ3v) is 1.29. The molecule has 0 fully saturated rings. The van der Waals surface area contributed by atoms with Crippen LogP contribution in [0.5, 0.6) is 0 Å². The van der Waals surface area contributed by atoms with Crippen LogP contribution in [0.1, 0.15) is 0 Å². The lowest BCUT2D eigenvalue weighted by molar-refractivity contribution is 0.824. The highest BCUT2D eigenvalue weighted by Gasteiger charge is 1.93. The second-order valence-electron chi connectivity index (χ2n) is 1.98. The van der Waals surface area contributed by atoms with Gasteiger partial charge in [0.1, 0.15) is 0 Å². The summed E-state index contributed by atoms with van der Waals surface area (Å²) in [7, 11) is 0. The molecule has 5 nitrogen and oxygen atoms in total. The van der Waals surface area contributed by atoms with Crippen molar-refractivity contribution in [3.63, 3.8) is 0 Å². The van der Waals surface area contributed by atoms with Gasteiger partial charge in [-0.2, -0.15) is 0 Å². The van der Waals surface area contributed by atoms with Gasteiger partial charge in [-0.1, -0.05) is 0 Å². The van der Waals surface area contributed by atoms with E-state index in [4.69, 9.17) is 0 Å². The highest BCUT2D eigenvalue weighted by molar-refractivity contribution is 5.68. The third-order valence-electron chi connectivity index (χ3n) is 1.29. The van der Waals surface area contributed by atoms with Crippen molar-refractivity contribution in [2.45, 2.75) is 0 Å². The van der Waals surface area contributed by atoms with Crippen LogP contribution in [0.2, 0.25) is 0 Å². The van der Waals surface area contributed by atoms with Gasteiger partial charge in [0.05, 0.1) is 5.52 Å². The summed E-state index contributed by atoms with van der Waals surface area (Å²) in [6, 6.07) is 3.56. The zero-order valence-corrected chi connectivity index (χ0v) is 5.59. The minimum atomic E-state index is -0.214. The first kappa shape index (κ1) is 7.49. The largest absolute Gasteiger partial charge is 0.412 e. The first-order chi connectivity index (χ1) is 4.86. The van der Waals surface area contributed by atoms with Crippen molar-refractivity contribution in [1.82, 2.24) is 15.0 Å². The van der Waals surface area contributed by atoms with Gasteiger partial charge in [0, 0.05) is 6.20 Å². The number of H-pyrrole nitrogens is 2. The van der Waals surface area contributed by atoms with E-state index < -0.39 is 0 Å². The standard InChI is InChI=1S/C6H5N3O.H2O/c10-6-8-4-2-1-3-7-5(4)9-6;/h1-3H,(H2,7,8,9,10);1H2. The van der Waals surface area contributed by atoms with Crippen LogP contribution in [0.15, 0.2) is 23.1 Å². The quantitative estimate of drug-likeness (QED) is 0.530. The van der Waals surface area contributed by atoms with Crippen molar-refractivity contribution in [3.8, 4) is 0 Å². The minimum absolute atomic E-state index is 0. The fraction of sp³-hybridized carbons (Fsp3) is 0. The number of aromatic nitrogens is 3. The molecule has 0 saturated heterocycles. The Hall–Kier alpha value is -1.62. The number of nitrogens with zero attached hydrogens (tertiary/aromatic N) is 1. The summed E-state index contributed by atoms with van der Waals surface area (Å²) in [5.41, 5.74) is 1.13. The molecule has 0 unspecified atom stereocenters. The predicted octanol–water partition coefficient (Wildman–Crippen LogP) is -0.574. The van der Waals surface area contributed by atoms with Gasteiger partial charge in [0.15, 0.2) is 5.65 Å². The summed E-state index contributed by atoms with van der Waals surface area (Å²) in [5.74, 6) is 0. The van der Waals surface area contributed by atoms with Crippen molar-refractivity contribution in [2.24, 2.45) is 0 Å². The van der Waals surface area contributed by atoms with Crippen LogP contribution < -0.4 is 5.69 Å². The van der Waals surface area contributed by atoms with Crippen molar-refractivity contribution >= 4 is 11.2 Å². The fourth-order valence-electron chi connectivity index (χ4n) is 0.867. The smallest absolute Gasteiger partial charge is 0.325 e. The molecular formula is C6H7N3O2. The number of imidazole rings is 1. The summed E-state index contributed by atoms with van der Waals surface area (Å²) >= 11 is 0. The summed E-state index contributed by atoms with van der Waals surface area (Å²) < 4.78 is 0. The molecule has 0 aromatic carbocycles. The Morgan fingerprint density at radius 2 is 2.18 bits per heavy atom. The lowest BCUT2D eigenvalue weighted by atomic mass is 10.4. The first-order valence-corrected chi connectivity index (χ1v) is 2.89. The van der Waals surface area contributed by atoms with Crippen LogP contribution in [0, 0.1) is 0 Å². The molecule has 0 aliphatic carbocycles. The van der Waals surface area contributed by atoms with Crippen molar-refractivity contribution < 1.29 is 5.48 Å². The second-order valence-corrected chi connectivity index (χ2v) is 1.98. The number of hydrogen-bond donors (Lipinski definition) is 2. The van der Waals surface area contributed by atoms with Gasteiger partial charge in [-0.3, -0.25) is 4.98 Å². The first-order valence-electron chi connectivity index (χ1n) is 2.89. The SMILES string of the molecule is O.O=c1[nH]c2cccnc2[nH]1. The van der Waals surface area contributed by atoms with Gasteiger partial charge in [-0.05, 0) is 12.1 Å². The summed E-state index contributed by atoms with van der Waals surface area (Å²) in [5, 5.41) is 0. The van der Waals surface area contributed by atoms with Gasteiger partial charge in [0.2, 0.25) is 0 Å². The molecule has 4 N–H and O–H groups in total. The molecule has 2 aromatic heterocycles. The van der Waals surface area contributed by atoms with Gasteiger partial charge < -0.3 is 10.5 Å². The molecule has 0 spiro atoms. The number of nitrogens with one attached hydrogen (secondary N) is 2. The maximum atomic E-state index is 10.6. The van der Waals surface area contributed by atoms with Gasteiger partial charge in [-0.15, -0.1) is 0 Å². The van der Waals surface area contributed by atoms with Gasteiger partial charge >= 0.3 is 5.69 Å². The average molecular weight is 153 g/mol. The molecule has 2 rings (SSSR count). The van der Waals surface area contributed by atoms with Crippen LogP contribution in [-0.2, 0) is 0 Å². The summed E-state index contributed by atoms with van der Waals surface area (Å²) in [6.45, 7) is 0. The van der Waals surface area contributed by atoms with E-state index in [1.165, 1.54) is 0 Å². The molecule has 0 bridgehead atoms. The van der Waals surface area contributed by atoms with Crippen molar-refractivity contribution in [1.29, 1.82) is 0 Å². The Morgan fingerprint density at radius 1 is 1.36 bits per heavy atom. The fourth-order valence-corrected chi connectivity index (χ4v) is 0.867. The average Bonchev–Trinajstić information content (AvgIpc) is 2.27. The molecule has 5 heteroatoms. The monoisotopic (exact) mass is 153 g/mol. The Balaban J connectivity index is 0.000000605.